The van der Waals surface area contributed by atoms with Crippen molar-refractivity contribution in [3.8, 4) is 5.75 Å². The number of allylic oxidation sites excluding steroid dienone is 1. The molecule has 0 spiro atoms. The molecule has 0 bridgehead atoms. The van der Waals surface area contributed by atoms with Crippen LogP contribution < -0.4 is 10.1 Å². The second-order valence-electron chi connectivity index (χ2n) is 4.32. The standard InChI is InChI=1S/C14H19NO3/c1-4-5-10-14(2,13(16)17)15-11-6-8-12(18-3)9-7-11/h4,6-9,15H,1,5,10H2,2-3H3,(H,16,17). The monoisotopic (exact) mass is 249 g/mol. The smallest absolute Gasteiger partial charge is 0.329 e. The van der Waals surface area contributed by atoms with Gasteiger partial charge in [-0.2, -0.15) is 0 Å². The second kappa shape index (κ2) is 6.10. The van der Waals surface area contributed by atoms with Crippen LogP contribution in [0.15, 0.2) is 36.9 Å². The van der Waals surface area contributed by atoms with Gasteiger partial charge >= 0.3 is 5.97 Å². The normalized spacial score (nSPS) is 13.4. The number of anilines is 1. The van der Waals surface area contributed by atoms with Crippen molar-refractivity contribution in [2.24, 2.45) is 0 Å². The molecule has 0 amide bonds. The SMILES string of the molecule is C=CCCC(C)(Nc1ccc(OC)cc1)C(=O)O. The molecule has 98 valence electrons. The van der Waals surface area contributed by atoms with E-state index in [1.54, 1.807) is 44.4 Å². The van der Waals surface area contributed by atoms with Crippen LogP contribution in [0.1, 0.15) is 19.8 Å². The summed E-state index contributed by atoms with van der Waals surface area (Å²) in [5.74, 6) is -0.135. The number of methoxy groups -OCH3 is 1. The van der Waals surface area contributed by atoms with Crippen LogP contribution >= 0.6 is 0 Å². The van der Waals surface area contributed by atoms with E-state index in [0.29, 0.717) is 12.8 Å². The first-order valence-corrected chi connectivity index (χ1v) is 5.78. The summed E-state index contributed by atoms with van der Waals surface area (Å²) in [6.07, 6.45) is 2.85. The van der Waals surface area contributed by atoms with Gasteiger partial charge in [0, 0.05) is 5.69 Å². The number of carboxylic acids is 1. The Morgan fingerprint density at radius 3 is 2.56 bits per heavy atom. The number of hydrogen-bond acceptors (Lipinski definition) is 3. The Morgan fingerprint density at radius 2 is 2.11 bits per heavy atom. The van der Waals surface area contributed by atoms with Gasteiger partial charge < -0.3 is 15.2 Å². The van der Waals surface area contributed by atoms with Gasteiger partial charge in [-0.3, -0.25) is 0 Å². The number of ether oxygens (including phenoxy) is 1. The van der Waals surface area contributed by atoms with Crippen LogP contribution in [0.5, 0.6) is 5.75 Å². The maximum absolute atomic E-state index is 11.3. The molecule has 1 aromatic carbocycles. The van der Waals surface area contributed by atoms with Crippen LogP contribution in [0.3, 0.4) is 0 Å². The lowest BCUT2D eigenvalue weighted by Crippen LogP contribution is -2.43. The molecule has 0 fully saturated rings. The fourth-order valence-electron chi connectivity index (χ4n) is 1.61. The fourth-order valence-corrected chi connectivity index (χ4v) is 1.61. The molecule has 4 nitrogen and oxygen atoms in total. The summed E-state index contributed by atoms with van der Waals surface area (Å²) in [6, 6.07) is 7.18. The van der Waals surface area contributed by atoms with E-state index >= 15 is 0 Å². The summed E-state index contributed by atoms with van der Waals surface area (Å²) in [6.45, 7) is 5.29. The van der Waals surface area contributed by atoms with Gasteiger partial charge in [-0.15, -0.1) is 6.58 Å². The quantitative estimate of drug-likeness (QED) is 0.729. The molecule has 18 heavy (non-hydrogen) atoms. The Morgan fingerprint density at radius 1 is 1.50 bits per heavy atom. The summed E-state index contributed by atoms with van der Waals surface area (Å²) in [7, 11) is 1.59. The van der Waals surface area contributed by atoms with Gasteiger partial charge in [0.2, 0.25) is 0 Å². The summed E-state index contributed by atoms with van der Waals surface area (Å²) in [4.78, 5) is 11.3. The molecule has 1 aromatic rings. The second-order valence-corrected chi connectivity index (χ2v) is 4.32. The van der Waals surface area contributed by atoms with E-state index in [1.165, 1.54) is 0 Å². The van der Waals surface area contributed by atoms with Gasteiger partial charge in [0.15, 0.2) is 0 Å². The van der Waals surface area contributed by atoms with Gasteiger partial charge in [0.1, 0.15) is 11.3 Å². The van der Waals surface area contributed by atoms with Crippen molar-refractivity contribution in [1.29, 1.82) is 0 Å². The molecule has 1 atom stereocenters. The molecule has 1 rings (SSSR count). The van der Waals surface area contributed by atoms with Crippen LogP contribution in [-0.4, -0.2) is 23.7 Å². The van der Waals surface area contributed by atoms with E-state index in [-0.39, 0.29) is 0 Å². The van der Waals surface area contributed by atoms with Crippen molar-refractivity contribution < 1.29 is 14.6 Å². The zero-order chi connectivity index (χ0) is 13.6. The summed E-state index contributed by atoms with van der Waals surface area (Å²) >= 11 is 0. The minimum absolute atomic E-state index is 0.484. The van der Waals surface area contributed by atoms with Crippen molar-refractivity contribution in [2.75, 3.05) is 12.4 Å². The van der Waals surface area contributed by atoms with Crippen LogP contribution in [0.25, 0.3) is 0 Å². The lowest BCUT2D eigenvalue weighted by Gasteiger charge is -2.27. The minimum atomic E-state index is -0.997. The molecule has 0 radical (unpaired) electrons. The third-order valence-electron chi connectivity index (χ3n) is 2.83. The first-order chi connectivity index (χ1) is 8.51. The van der Waals surface area contributed by atoms with Crippen molar-refractivity contribution in [3.63, 3.8) is 0 Å². The lowest BCUT2D eigenvalue weighted by atomic mass is 9.95. The summed E-state index contributed by atoms with van der Waals surface area (Å²) in [5, 5.41) is 12.3. The molecule has 0 aliphatic carbocycles. The van der Waals surface area contributed by atoms with Crippen molar-refractivity contribution in [2.45, 2.75) is 25.3 Å². The number of aliphatic carboxylic acids is 1. The molecule has 1 unspecified atom stereocenters. The first kappa shape index (κ1) is 14.1. The maximum Gasteiger partial charge on any atom is 0.329 e. The number of carbonyl (C=O) groups is 1. The van der Waals surface area contributed by atoms with Crippen LogP contribution in [0.2, 0.25) is 0 Å². The highest BCUT2D eigenvalue weighted by atomic mass is 16.5. The van der Waals surface area contributed by atoms with Crippen LogP contribution in [0, 0.1) is 0 Å². The van der Waals surface area contributed by atoms with E-state index in [4.69, 9.17) is 4.74 Å². The van der Waals surface area contributed by atoms with Gasteiger partial charge in [-0.25, -0.2) is 4.79 Å². The molecule has 0 saturated carbocycles. The Balaban J connectivity index is 2.81. The predicted octanol–water partition coefficient (Wildman–Crippen LogP) is 2.92. The summed E-state index contributed by atoms with van der Waals surface area (Å²) in [5.41, 5.74) is -0.243. The molecule has 0 heterocycles. The van der Waals surface area contributed by atoms with Gasteiger partial charge in [0.05, 0.1) is 7.11 Å². The minimum Gasteiger partial charge on any atom is -0.497 e. The van der Waals surface area contributed by atoms with E-state index in [2.05, 4.69) is 11.9 Å². The van der Waals surface area contributed by atoms with Gasteiger partial charge in [0.25, 0.3) is 0 Å². The molecular formula is C14H19NO3. The van der Waals surface area contributed by atoms with E-state index in [0.717, 1.165) is 11.4 Å². The summed E-state index contributed by atoms with van der Waals surface area (Å²) < 4.78 is 5.05. The topological polar surface area (TPSA) is 58.6 Å². The van der Waals surface area contributed by atoms with Crippen molar-refractivity contribution >= 4 is 11.7 Å². The Bertz CT molecular complexity index is 414. The highest BCUT2D eigenvalue weighted by Gasteiger charge is 2.31. The number of benzene rings is 1. The Kier molecular flexibility index (Phi) is 4.77. The molecule has 0 aliphatic heterocycles. The largest absolute Gasteiger partial charge is 0.497 e. The number of nitrogens with one attached hydrogen (secondary N) is 1. The fraction of sp³-hybridized carbons (Fsp3) is 0.357. The predicted molar refractivity (Wildman–Crippen MR) is 72.1 cm³/mol. The highest BCUT2D eigenvalue weighted by molar-refractivity contribution is 5.82. The van der Waals surface area contributed by atoms with E-state index in [1.807, 2.05) is 0 Å². The molecule has 4 heteroatoms. The average molecular weight is 249 g/mol. The zero-order valence-electron chi connectivity index (χ0n) is 10.8. The highest BCUT2D eigenvalue weighted by Crippen LogP contribution is 2.22. The van der Waals surface area contributed by atoms with E-state index in [9.17, 15) is 9.90 Å². The van der Waals surface area contributed by atoms with Crippen molar-refractivity contribution in [3.05, 3.63) is 36.9 Å². The van der Waals surface area contributed by atoms with Gasteiger partial charge in [-0.1, -0.05) is 6.08 Å². The van der Waals surface area contributed by atoms with Crippen LogP contribution in [0.4, 0.5) is 5.69 Å². The molecular weight excluding hydrogens is 230 g/mol. The maximum atomic E-state index is 11.3. The molecule has 0 aliphatic rings. The van der Waals surface area contributed by atoms with Gasteiger partial charge in [-0.05, 0) is 44.0 Å². The first-order valence-electron chi connectivity index (χ1n) is 5.78. The Hall–Kier alpha value is -1.97. The average Bonchev–Trinajstić information content (AvgIpc) is 2.37. The zero-order valence-corrected chi connectivity index (χ0v) is 10.8. The van der Waals surface area contributed by atoms with Crippen molar-refractivity contribution in [1.82, 2.24) is 0 Å². The molecule has 2 N–H and O–H groups in total. The van der Waals surface area contributed by atoms with E-state index < -0.39 is 11.5 Å². The number of rotatable bonds is 7. The third-order valence-corrected chi connectivity index (χ3v) is 2.83. The Labute approximate surface area is 107 Å². The molecule has 0 aromatic heterocycles. The lowest BCUT2D eigenvalue weighted by molar-refractivity contribution is -0.141. The van der Waals surface area contributed by atoms with Crippen LogP contribution in [-0.2, 0) is 4.79 Å². The molecule has 0 saturated heterocycles. The third kappa shape index (κ3) is 3.52. The number of hydrogen-bond donors (Lipinski definition) is 2. The number of carboxylic acid groups (broad SMARTS) is 1.